The highest BCUT2D eigenvalue weighted by atomic mass is 35.5. The van der Waals surface area contributed by atoms with Crippen LogP contribution in [0.3, 0.4) is 0 Å². The summed E-state index contributed by atoms with van der Waals surface area (Å²) in [5.41, 5.74) is 6.53. The van der Waals surface area contributed by atoms with Gasteiger partial charge in [-0.25, -0.2) is 4.39 Å². The van der Waals surface area contributed by atoms with Gasteiger partial charge in [0.25, 0.3) is 0 Å². The lowest BCUT2D eigenvalue weighted by atomic mass is 9.81. The second-order valence-electron chi connectivity index (χ2n) is 4.40. The second-order valence-corrected chi connectivity index (χ2v) is 4.77. The lowest BCUT2D eigenvalue weighted by Crippen LogP contribution is -2.33. The largest absolute Gasteiger partial charge is 0.381 e. The molecule has 2 nitrogen and oxygen atoms in total. The summed E-state index contributed by atoms with van der Waals surface area (Å²) >= 11 is 5.93. The fourth-order valence-corrected chi connectivity index (χ4v) is 2.30. The molecule has 1 aliphatic rings. The maximum atomic E-state index is 13.3. The van der Waals surface area contributed by atoms with Crippen LogP contribution >= 0.6 is 11.6 Å². The molecule has 0 radical (unpaired) electrons. The fourth-order valence-electron chi connectivity index (χ4n) is 2.11. The maximum absolute atomic E-state index is 13.3. The molecule has 2 N–H and O–H groups in total. The van der Waals surface area contributed by atoms with Gasteiger partial charge < -0.3 is 10.5 Å². The molecular weight excluding hydrogens is 229 g/mol. The molecule has 0 saturated carbocycles. The molecule has 88 valence electrons. The molecule has 4 heteroatoms. The lowest BCUT2D eigenvalue weighted by molar-refractivity contribution is 0.154. The van der Waals surface area contributed by atoms with Gasteiger partial charge in [-0.15, -0.1) is 0 Å². The second kappa shape index (κ2) is 4.70. The zero-order valence-electron chi connectivity index (χ0n) is 9.01. The van der Waals surface area contributed by atoms with Gasteiger partial charge in [-0.1, -0.05) is 23.7 Å². The zero-order chi connectivity index (χ0) is 11.6. The number of rotatable bonds is 3. The van der Waals surface area contributed by atoms with Crippen molar-refractivity contribution in [3.8, 4) is 0 Å². The molecule has 1 unspecified atom stereocenters. The monoisotopic (exact) mass is 243 g/mol. The van der Waals surface area contributed by atoms with Crippen molar-refractivity contribution in [2.45, 2.75) is 12.8 Å². The first kappa shape index (κ1) is 11.8. The lowest BCUT2D eigenvalue weighted by Gasteiger charge is -2.25. The summed E-state index contributed by atoms with van der Waals surface area (Å²) in [4.78, 5) is 0. The van der Waals surface area contributed by atoms with Gasteiger partial charge in [0.2, 0.25) is 0 Å². The van der Waals surface area contributed by atoms with E-state index in [1.165, 1.54) is 6.07 Å². The Hall–Kier alpha value is -0.640. The van der Waals surface area contributed by atoms with Gasteiger partial charge in [-0.05, 0) is 24.5 Å². The summed E-state index contributed by atoms with van der Waals surface area (Å²) in [7, 11) is 0. The minimum absolute atomic E-state index is 0.0720. The minimum atomic E-state index is -0.370. The molecule has 0 aromatic heterocycles. The Morgan fingerprint density at radius 3 is 2.94 bits per heavy atom. The highest BCUT2D eigenvalue weighted by Gasteiger charge is 2.34. The van der Waals surface area contributed by atoms with Crippen LogP contribution in [0.5, 0.6) is 0 Å². The van der Waals surface area contributed by atoms with E-state index in [9.17, 15) is 4.39 Å². The molecule has 1 atom stereocenters. The SMILES string of the molecule is NCC1(Cc2cccc(F)c2Cl)CCOC1. The topological polar surface area (TPSA) is 35.2 Å². The predicted molar refractivity (Wildman–Crippen MR) is 62.0 cm³/mol. The number of ether oxygens (including phenoxy) is 1. The van der Waals surface area contributed by atoms with Crippen LogP contribution in [0.1, 0.15) is 12.0 Å². The Kier molecular flexibility index (Phi) is 3.47. The van der Waals surface area contributed by atoms with Gasteiger partial charge in [-0.2, -0.15) is 0 Å². The van der Waals surface area contributed by atoms with Crippen LogP contribution in [0.2, 0.25) is 5.02 Å². The molecule has 1 aromatic carbocycles. The quantitative estimate of drug-likeness (QED) is 0.885. The maximum Gasteiger partial charge on any atom is 0.142 e. The van der Waals surface area contributed by atoms with E-state index >= 15 is 0 Å². The normalized spacial score (nSPS) is 24.9. The Labute approximate surface area is 99.5 Å². The zero-order valence-corrected chi connectivity index (χ0v) is 9.77. The van der Waals surface area contributed by atoms with Crippen LogP contribution < -0.4 is 5.73 Å². The summed E-state index contributed by atoms with van der Waals surface area (Å²) in [6.07, 6.45) is 1.59. The standard InChI is InChI=1S/C12H15ClFNO/c13-11-9(2-1-3-10(11)14)6-12(7-15)4-5-16-8-12/h1-3H,4-8,15H2. The number of nitrogens with two attached hydrogens (primary N) is 1. The molecule has 1 aliphatic heterocycles. The third kappa shape index (κ3) is 2.21. The Morgan fingerprint density at radius 1 is 1.50 bits per heavy atom. The number of hydrogen-bond acceptors (Lipinski definition) is 2. The summed E-state index contributed by atoms with van der Waals surface area (Å²) < 4.78 is 18.7. The van der Waals surface area contributed by atoms with Gasteiger partial charge in [0.15, 0.2) is 0 Å². The van der Waals surface area contributed by atoms with Crippen LogP contribution in [0.4, 0.5) is 4.39 Å². The third-order valence-corrected chi connectivity index (χ3v) is 3.64. The van der Waals surface area contributed by atoms with E-state index in [0.29, 0.717) is 19.6 Å². The molecular formula is C12H15ClFNO. The van der Waals surface area contributed by atoms with Crippen molar-refractivity contribution in [2.24, 2.45) is 11.1 Å². The molecule has 1 saturated heterocycles. The van der Waals surface area contributed by atoms with E-state index < -0.39 is 0 Å². The highest BCUT2D eigenvalue weighted by Crippen LogP contribution is 2.34. The molecule has 0 spiro atoms. The van der Waals surface area contributed by atoms with Gasteiger partial charge in [0.05, 0.1) is 11.6 Å². The first-order valence-corrected chi connectivity index (χ1v) is 5.75. The van der Waals surface area contributed by atoms with E-state index in [1.807, 2.05) is 6.07 Å². The van der Waals surface area contributed by atoms with Crippen LogP contribution in [-0.4, -0.2) is 19.8 Å². The van der Waals surface area contributed by atoms with Crippen molar-refractivity contribution in [1.82, 2.24) is 0 Å². The summed E-state index contributed by atoms with van der Waals surface area (Å²) in [5.74, 6) is -0.370. The van der Waals surface area contributed by atoms with Crippen molar-refractivity contribution >= 4 is 11.6 Å². The minimum Gasteiger partial charge on any atom is -0.381 e. The van der Waals surface area contributed by atoms with E-state index in [0.717, 1.165) is 18.6 Å². The van der Waals surface area contributed by atoms with E-state index in [-0.39, 0.29) is 16.3 Å². The molecule has 1 heterocycles. The van der Waals surface area contributed by atoms with Crippen LogP contribution in [0, 0.1) is 11.2 Å². The van der Waals surface area contributed by atoms with Crippen LogP contribution in [0.25, 0.3) is 0 Å². The Morgan fingerprint density at radius 2 is 2.31 bits per heavy atom. The molecule has 0 bridgehead atoms. The third-order valence-electron chi connectivity index (χ3n) is 3.22. The Bertz CT molecular complexity index is 377. The molecule has 1 fully saturated rings. The van der Waals surface area contributed by atoms with Crippen molar-refractivity contribution in [3.63, 3.8) is 0 Å². The van der Waals surface area contributed by atoms with Gasteiger partial charge in [0.1, 0.15) is 5.82 Å². The van der Waals surface area contributed by atoms with E-state index in [4.69, 9.17) is 22.1 Å². The molecule has 16 heavy (non-hydrogen) atoms. The average molecular weight is 244 g/mol. The van der Waals surface area contributed by atoms with Gasteiger partial charge >= 0.3 is 0 Å². The number of benzene rings is 1. The molecule has 1 aromatic rings. The van der Waals surface area contributed by atoms with E-state index in [1.54, 1.807) is 6.07 Å². The van der Waals surface area contributed by atoms with E-state index in [2.05, 4.69) is 0 Å². The van der Waals surface area contributed by atoms with Crippen molar-refractivity contribution in [2.75, 3.05) is 19.8 Å². The smallest absolute Gasteiger partial charge is 0.142 e. The van der Waals surface area contributed by atoms with Crippen molar-refractivity contribution in [1.29, 1.82) is 0 Å². The van der Waals surface area contributed by atoms with Gasteiger partial charge in [-0.3, -0.25) is 0 Å². The summed E-state index contributed by atoms with van der Waals surface area (Å²) in [6.45, 7) is 1.90. The Balaban J connectivity index is 2.22. The molecule has 0 amide bonds. The number of hydrogen-bond donors (Lipinski definition) is 1. The number of halogens is 2. The first-order valence-electron chi connectivity index (χ1n) is 5.38. The summed E-state index contributed by atoms with van der Waals surface area (Å²) in [6, 6.07) is 4.89. The molecule has 0 aliphatic carbocycles. The fraction of sp³-hybridized carbons (Fsp3) is 0.500. The van der Waals surface area contributed by atoms with Crippen LogP contribution in [-0.2, 0) is 11.2 Å². The van der Waals surface area contributed by atoms with Crippen LogP contribution in [0.15, 0.2) is 18.2 Å². The predicted octanol–water partition coefficient (Wildman–Crippen LogP) is 2.39. The molecule has 2 rings (SSSR count). The van der Waals surface area contributed by atoms with Crippen molar-refractivity contribution < 1.29 is 9.13 Å². The van der Waals surface area contributed by atoms with Gasteiger partial charge in [0, 0.05) is 18.6 Å². The van der Waals surface area contributed by atoms with Crippen molar-refractivity contribution in [3.05, 3.63) is 34.6 Å². The highest BCUT2D eigenvalue weighted by molar-refractivity contribution is 6.31. The summed E-state index contributed by atoms with van der Waals surface area (Å²) in [5, 5.41) is 0.210. The average Bonchev–Trinajstić information content (AvgIpc) is 2.74. The first-order chi connectivity index (χ1) is 7.67.